The van der Waals surface area contributed by atoms with E-state index in [9.17, 15) is 9.59 Å². The predicted octanol–water partition coefficient (Wildman–Crippen LogP) is 3.36. The number of carbonyl (C=O) groups is 2. The Morgan fingerprint density at radius 1 is 1.20 bits per heavy atom. The van der Waals surface area contributed by atoms with Gasteiger partial charge >= 0.3 is 0 Å². The first-order chi connectivity index (χ1) is 14.5. The van der Waals surface area contributed by atoms with Crippen molar-refractivity contribution in [2.24, 2.45) is 0 Å². The van der Waals surface area contributed by atoms with Crippen molar-refractivity contribution in [1.82, 2.24) is 20.2 Å². The summed E-state index contributed by atoms with van der Waals surface area (Å²) in [6.45, 7) is 2.02. The molecule has 1 aromatic carbocycles. The Morgan fingerprint density at radius 2 is 2.03 bits per heavy atom. The summed E-state index contributed by atoms with van der Waals surface area (Å²) in [6, 6.07) is 10.5. The van der Waals surface area contributed by atoms with E-state index in [-0.39, 0.29) is 24.1 Å². The molecule has 0 saturated heterocycles. The topological polar surface area (TPSA) is 87.2 Å². The van der Waals surface area contributed by atoms with Gasteiger partial charge in [-0.2, -0.15) is 0 Å². The van der Waals surface area contributed by atoms with Crippen molar-refractivity contribution in [1.29, 1.82) is 0 Å². The second kappa shape index (κ2) is 8.91. The van der Waals surface area contributed by atoms with Gasteiger partial charge in [0, 0.05) is 42.8 Å². The maximum Gasteiger partial charge on any atom is 0.284 e. The van der Waals surface area contributed by atoms with Crippen molar-refractivity contribution in [3.8, 4) is 0 Å². The Labute approximate surface area is 183 Å². The van der Waals surface area contributed by atoms with Crippen LogP contribution in [0.4, 0.5) is 5.69 Å². The smallest absolute Gasteiger partial charge is 0.284 e. The standard InChI is InChI=1S/C21H20ClN5O2S/c1-27-9-8-16-18(12-27)30-21(26-16)20(29)25-15-5-3-2-4-13(15)10-24-19(28)17-7-6-14(22)11-23-17/h2-7,11H,8-10,12H2,1H3,(H,24,28)(H,25,29). The van der Waals surface area contributed by atoms with Gasteiger partial charge in [-0.15, -0.1) is 11.3 Å². The highest BCUT2D eigenvalue weighted by Gasteiger charge is 2.22. The van der Waals surface area contributed by atoms with E-state index >= 15 is 0 Å². The van der Waals surface area contributed by atoms with E-state index in [1.807, 2.05) is 18.2 Å². The van der Waals surface area contributed by atoms with Gasteiger partial charge in [-0.1, -0.05) is 29.8 Å². The van der Waals surface area contributed by atoms with Gasteiger partial charge in [0.2, 0.25) is 0 Å². The van der Waals surface area contributed by atoms with Crippen molar-refractivity contribution in [2.75, 3.05) is 18.9 Å². The number of likely N-dealkylation sites (N-methyl/N-ethyl adjacent to an activating group) is 1. The quantitative estimate of drug-likeness (QED) is 0.634. The molecule has 0 saturated carbocycles. The van der Waals surface area contributed by atoms with Gasteiger partial charge in [0.15, 0.2) is 5.01 Å². The van der Waals surface area contributed by atoms with Crippen molar-refractivity contribution < 1.29 is 9.59 Å². The molecule has 154 valence electrons. The monoisotopic (exact) mass is 441 g/mol. The molecule has 7 nitrogen and oxygen atoms in total. The number of aromatic nitrogens is 2. The maximum absolute atomic E-state index is 12.8. The number of nitrogens with zero attached hydrogens (tertiary/aromatic N) is 3. The van der Waals surface area contributed by atoms with Gasteiger partial charge in [0.05, 0.1) is 10.7 Å². The molecule has 0 radical (unpaired) electrons. The summed E-state index contributed by atoms with van der Waals surface area (Å²) in [5.41, 5.74) is 2.71. The zero-order valence-corrected chi connectivity index (χ0v) is 17.9. The highest BCUT2D eigenvalue weighted by molar-refractivity contribution is 7.13. The number of fused-ring (bicyclic) bond motifs is 1. The number of carbonyl (C=O) groups excluding carboxylic acids is 2. The zero-order chi connectivity index (χ0) is 21.1. The molecule has 0 unspecified atom stereocenters. The van der Waals surface area contributed by atoms with Crippen LogP contribution in [0.3, 0.4) is 0 Å². The lowest BCUT2D eigenvalue weighted by Crippen LogP contribution is -2.25. The Morgan fingerprint density at radius 3 is 2.83 bits per heavy atom. The van der Waals surface area contributed by atoms with Gasteiger partial charge < -0.3 is 15.5 Å². The van der Waals surface area contributed by atoms with Crippen LogP contribution >= 0.6 is 22.9 Å². The van der Waals surface area contributed by atoms with E-state index < -0.39 is 0 Å². The van der Waals surface area contributed by atoms with Gasteiger partial charge in [-0.05, 0) is 30.8 Å². The second-order valence-electron chi connectivity index (χ2n) is 7.03. The van der Waals surface area contributed by atoms with Crippen LogP contribution in [0.2, 0.25) is 5.02 Å². The fourth-order valence-electron chi connectivity index (χ4n) is 3.17. The molecule has 30 heavy (non-hydrogen) atoms. The number of para-hydroxylation sites is 1. The third-order valence-corrected chi connectivity index (χ3v) is 6.09. The van der Waals surface area contributed by atoms with E-state index in [1.54, 1.807) is 18.2 Å². The SMILES string of the molecule is CN1CCc2nc(C(=O)Nc3ccccc3CNC(=O)c3ccc(Cl)cn3)sc2C1. The first kappa shape index (κ1) is 20.5. The average molecular weight is 442 g/mol. The molecule has 2 amide bonds. The van der Waals surface area contributed by atoms with E-state index in [0.29, 0.717) is 15.7 Å². The summed E-state index contributed by atoms with van der Waals surface area (Å²) >= 11 is 7.24. The summed E-state index contributed by atoms with van der Waals surface area (Å²) in [5, 5.41) is 6.67. The zero-order valence-electron chi connectivity index (χ0n) is 16.3. The Balaban J connectivity index is 1.43. The number of hydrogen-bond acceptors (Lipinski definition) is 6. The number of pyridine rings is 1. The van der Waals surface area contributed by atoms with Crippen LogP contribution in [0.15, 0.2) is 42.6 Å². The van der Waals surface area contributed by atoms with Crippen molar-refractivity contribution in [3.05, 3.63) is 74.5 Å². The van der Waals surface area contributed by atoms with Gasteiger partial charge in [0.1, 0.15) is 5.69 Å². The minimum absolute atomic E-state index is 0.241. The van der Waals surface area contributed by atoms with Crippen LogP contribution in [-0.2, 0) is 19.5 Å². The van der Waals surface area contributed by atoms with Crippen LogP contribution in [0.1, 0.15) is 36.4 Å². The number of anilines is 1. The lowest BCUT2D eigenvalue weighted by atomic mass is 10.1. The van der Waals surface area contributed by atoms with Crippen molar-refractivity contribution in [3.63, 3.8) is 0 Å². The molecule has 3 aromatic rings. The fraction of sp³-hybridized carbons (Fsp3) is 0.238. The highest BCUT2D eigenvalue weighted by Crippen LogP contribution is 2.25. The summed E-state index contributed by atoms with van der Waals surface area (Å²) < 4.78 is 0. The van der Waals surface area contributed by atoms with Crippen LogP contribution in [-0.4, -0.2) is 40.3 Å². The third-order valence-electron chi connectivity index (χ3n) is 4.78. The van der Waals surface area contributed by atoms with Crippen LogP contribution in [0, 0.1) is 0 Å². The summed E-state index contributed by atoms with van der Waals surface area (Å²) in [4.78, 5) is 37.0. The van der Waals surface area contributed by atoms with E-state index in [2.05, 4.69) is 32.5 Å². The summed E-state index contributed by atoms with van der Waals surface area (Å²) in [6.07, 6.45) is 2.28. The van der Waals surface area contributed by atoms with Crippen molar-refractivity contribution >= 4 is 40.4 Å². The first-order valence-electron chi connectivity index (χ1n) is 9.46. The number of amides is 2. The number of halogens is 1. The molecule has 0 spiro atoms. The average Bonchev–Trinajstić information content (AvgIpc) is 3.17. The molecule has 4 rings (SSSR count). The number of benzene rings is 1. The Hall–Kier alpha value is -2.81. The molecule has 0 atom stereocenters. The molecule has 0 bridgehead atoms. The Kier molecular flexibility index (Phi) is 6.08. The lowest BCUT2D eigenvalue weighted by molar-refractivity contribution is 0.0945. The summed E-state index contributed by atoms with van der Waals surface area (Å²) in [5.74, 6) is -0.556. The minimum atomic E-state index is -0.315. The molecule has 9 heteroatoms. The second-order valence-corrected chi connectivity index (χ2v) is 8.55. The van der Waals surface area contributed by atoms with E-state index in [0.717, 1.165) is 35.6 Å². The molecular formula is C21H20ClN5O2S. The fourth-order valence-corrected chi connectivity index (χ4v) is 4.36. The van der Waals surface area contributed by atoms with Gasteiger partial charge in [-0.25, -0.2) is 9.97 Å². The molecule has 2 aromatic heterocycles. The Bertz CT molecular complexity index is 1080. The number of nitrogens with one attached hydrogen (secondary N) is 2. The predicted molar refractivity (Wildman–Crippen MR) is 117 cm³/mol. The summed E-state index contributed by atoms with van der Waals surface area (Å²) in [7, 11) is 2.06. The maximum atomic E-state index is 12.8. The van der Waals surface area contributed by atoms with Gasteiger partial charge in [0.25, 0.3) is 11.8 Å². The van der Waals surface area contributed by atoms with Crippen LogP contribution < -0.4 is 10.6 Å². The third kappa shape index (κ3) is 4.67. The normalized spacial score (nSPS) is 13.5. The number of rotatable bonds is 5. The van der Waals surface area contributed by atoms with Crippen LogP contribution in [0.5, 0.6) is 0 Å². The molecule has 2 N–H and O–H groups in total. The van der Waals surface area contributed by atoms with E-state index in [4.69, 9.17) is 11.6 Å². The molecule has 3 heterocycles. The molecule has 0 fully saturated rings. The first-order valence-corrected chi connectivity index (χ1v) is 10.6. The van der Waals surface area contributed by atoms with Gasteiger partial charge in [-0.3, -0.25) is 9.59 Å². The molecule has 0 aliphatic carbocycles. The van der Waals surface area contributed by atoms with E-state index in [1.165, 1.54) is 17.5 Å². The molecular weight excluding hydrogens is 422 g/mol. The molecule has 1 aliphatic heterocycles. The number of hydrogen-bond donors (Lipinski definition) is 2. The largest absolute Gasteiger partial charge is 0.347 e. The number of thiazole rings is 1. The minimum Gasteiger partial charge on any atom is -0.347 e. The lowest BCUT2D eigenvalue weighted by Gasteiger charge is -2.20. The molecule has 1 aliphatic rings. The van der Waals surface area contributed by atoms with Crippen molar-refractivity contribution in [2.45, 2.75) is 19.5 Å². The highest BCUT2D eigenvalue weighted by atomic mass is 35.5. The van der Waals surface area contributed by atoms with Crippen LogP contribution in [0.25, 0.3) is 0 Å².